The third kappa shape index (κ3) is 4.74. The van der Waals surface area contributed by atoms with Crippen molar-refractivity contribution in [3.05, 3.63) is 46.4 Å². The van der Waals surface area contributed by atoms with Gasteiger partial charge in [0, 0.05) is 41.8 Å². The monoisotopic (exact) mass is 290 g/mol. The summed E-state index contributed by atoms with van der Waals surface area (Å²) in [5.41, 5.74) is 0. The maximum Gasteiger partial charge on any atom is 0.191 e. The van der Waals surface area contributed by atoms with Crippen molar-refractivity contribution in [2.75, 3.05) is 13.1 Å². The molecule has 20 heavy (non-hydrogen) atoms. The van der Waals surface area contributed by atoms with Crippen LogP contribution in [0.5, 0.6) is 0 Å². The van der Waals surface area contributed by atoms with Gasteiger partial charge in [-0.25, -0.2) is 4.99 Å². The number of rotatable bonds is 6. The number of hydrogen-bond donors (Lipinski definition) is 2. The van der Waals surface area contributed by atoms with Gasteiger partial charge in [-0.1, -0.05) is 0 Å². The molecule has 2 heterocycles. The lowest BCUT2D eigenvalue weighted by atomic mass is 10.4. The highest BCUT2D eigenvalue weighted by Gasteiger charge is 1.99. The van der Waals surface area contributed by atoms with Gasteiger partial charge in [-0.15, -0.1) is 11.3 Å². The summed E-state index contributed by atoms with van der Waals surface area (Å²) in [4.78, 5) is 7.24. The zero-order valence-electron chi connectivity index (χ0n) is 12.1. The third-order valence-corrected chi connectivity index (χ3v) is 3.85. The molecule has 4 nitrogen and oxygen atoms in total. The largest absolute Gasteiger partial charge is 0.357 e. The molecule has 0 unspecified atom stereocenters. The summed E-state index contributed by atoms with van der Waals surface area (Å²) >= 11 is 1.80. The lowest BCUT2D eigenvalue weighted by Gasteiger charge is -2.11. The van der Waals surface area contributed by atoms with Crippen LogP contribution >= 0.6 is 11.3 Å². The molecule has 2 N–H and O–H groups in total. The Hall–Kier alpha value is -1.75. The molecule has 0 aromatic carbocycles. The van der Waals surface area contributed by atoms with Gasteiger partial charge in [-0.2, -0.15) is 0 Å². The van der Waals surface area contributed by atoms with Crippen molar-refractivity contribution in [2.24, 2.45) is 4.99 Å². The van der Waals surface area contributed by atoms with Crippen molar-refractivity contribution in [1.29, 1.82) is 0 Å². The van der Waals surface area contributed by atoms with E-state index < -0.39 is 0 Å². The summed E-state index contributed by atoms with van der Waals surface area (Å²) in [6.07, 6.45) is 4.14. The Balaban J connectivity index is 1.82. The molecule has 0 aliphatic rings. The first-order chi connectivity index (χ1) is 9.78. The van der Waals surface area contributed by atoms with Gasteiger partial charge in [0.25, 0.3) is 0 Å². The van der Waals surface area contributed by atoms with Gasteiger partial charge >= 0.3 is 0 Å². The molecule has 0 saturated heterocycles. The Morgan fingerprint density at radius 1 is 1.25 bits per heavy atom. The Morgan fingerprint density at radius 3 is 2.70 bits per heavy atom. The fourth-order valence-corrected chi connectivity index (χ4v) is 2.71. The van der Waals surface area contributed by atoms with Crippen LogP contribution < -0.4 is 10.6 Å². The molecular formula is C15H22N4S. The van der Waals surface area contributed by atoms with Crippen LogP contribution in [0.1, 0.15) is 16.7 Å². The van der Waals surface area contributed by atoms with Crippen LogP contribution in [0.2, 0.25) is 0 Å². The Bertz CT molecular complexity index is 528. The van der Waals surface area contributed by atoms with E-state index in [1.807, 2.05) is 12.1 Å². The highest BCUT2D eigenvalue weighted by atomic mass is 32.1. The van der Waals surface area contributed by atoms with Crippen molar-refractivity contribution in [3.63, 3.8) is 0 Å². The molecule has 0 fully saturated rings. The van der Waals surface area contributed by atoms with Crippen LogP contribution in [-0.4, -0.2) is 23.6 Å². The number of thiophene rings is 1. The number of aryl methyl sites for hydroxylation is 1. The van der Waals surface area contributed by atoms with Gasteiger partial charge in [0.15, 0.2) is 5.96 Å². The zero-order chi connectivity index (χ0) is 14.2. The van der Waals surface area contributed by atoms with Crippen LogP contribution in [0.25, 0.3) is 0 Å². The first kappa shape index (κ1) is 14.7. The van der Waals surface area contributed by atoms with Gasteiger partial charge in [-0.05, 0) is 38.1 Å². The van der Waals surface area contributed by atoms with Gasteiger partial charge in [0.05, 0.1) is 6.54 Å². The predicted molar refractivity (Wildman–Crippen MR) is 86.3 cm³/mol. The Labute approximate surface area is 124 Å². The number of guanidine groups is 1. The van der Waals surface area contributed by atoms with Gasteiger partial charge in [0.1, 0.15) is 0 Å². The summed E-state index contributed by atoms with van der Waals surface area (Å²) in [7, 11) is 0. The van der Waals surface area contributed by atoms with Gasteiger partial charge in [-0.3, -0.25) is 0 Å². The van der Waals surface area contributed by atoms with E-state index in [1.165, 1.54) is 9.75 Å². The number of hydrogen-bond acceptors (Lipinski definition) is 2. The number of aromatic nitrogens is 1. The van der Waals surface area contributed by atoms with E-state index in [9.17, 15) is 0 Å². The van der Waals surface area contributed by atoms with Crippen molar-refractivity contribution >= 4 is 17.3 Å². The van der Waals surface area contributed by atoms with Crippen molar-refractivity contribution in [3.8, 4) is 0 Å². The van der Waals surface area contributed by atoms with E-state index in [0.717, 1.165) is 32.1 Å². The quantitative estimate of drug-likeness (QED) is 0.634. The minimum Gasteiger partial charge on any atom is -0.357 e. The summed E-state index contributed by atoms with van der Waals surface area (Å²) < 4.78 is 2.15. The molecule has 0 aliphatic carbocycles. The fraction of sp³-hybridized carbons (Fsp3) is 0.400. The maximum atomic E-state index is 4.61. The number of nitrogens with zero attached hydrogens (tertiary/aromatic N) is 2. The van der Waals surface area contributed by atoms with E-state index >= 15 is 0 Å². The van der Waals surface area contributed by atoms with E-state index in [2.05, 4.69) is 58.6 Å². The summed E-state index contributed by atoms with van der Waals surface area (Å²) in [5.74, 6) is 0.880. The minimum atomic E-state index is 0.733. The van der Waals surface area contributed by atoms with E-state index in [0.29, 0.717) is 0 Å². The molecule has 0 atom stereocenters. The van der Waals surface area contributed by atoms with E-state index in [4.69, 9.17) is 0 Å². The zero-order valence-corrected chi connectivity index (χ0v) is 12.9. The molecule has 2 aromatic heterocycles. The van der Waals surface area contributed by atoms with Crippen molar-refractivity contribution in [2.45, 2.75) is 26.9 Å². The van der Waals surface area contributed by atoms with Gasteiger partial charge in [0.2, 0.25) is 0 Å². The van der Waals surface area contributed by atoms with Crippen LogP contribution in [0.3, 0.4) is 0 Å². The normalized spacial score (nSPS) is 11.6. The predicted octanol–water partition coefficient (Wildman–Crippen LogP) is 2.61. The smallest absolute Gasteiger partial charge is 0.191 e. The van der Waals surface area contributed by atoms with Crippen LogP contribution in [0.15, 0.2) is 41.7 Å². The summed E-state index contributed by atoms with van der Waals surface area (Å²) in [5, 5.41) is 6.63. The average molecular weight is 290 g/mol. The molecule has 0 radical (unpaired) electrons. The standard InChI is InChI=1S/C15H22N4S/c1-3-16-15(17-8-11-19-9-4-5-10-19)18-12-14-7-6-13(2)20-14/h4-7,9-10H,3,8,11-12H2,1-2H3,(H2,16,17,18). The molecular weight excluding hydrogens is 268 g/mol. The highest BCUT2D eigenvalue weighted by Crippen LogP contribution is 2.15. The number of aliphatic imine (C=N–C) groups is 1. The maximum absolute atomic E-state index is 4.61. The molecule has 5 heteroatoms. The minimum absolute atomic E-state index is 0.733. The summed E-state index contributed by atoms with van der Waals surface area (Å²) in [6, 6.07) is 8.37. The topological polar surface area (TPSA) is 41.4 Å². The summed E-state index contributed by atoms with van der Waals surface area (Å²) in [6.45, 7) is 7.62. The highest BCUT2D eigenvalue weighted by molar-refractivity contribution is 7.11. The van der Waals surface area contributed by atoms with Crippen molar-refractivity contribution < 1.29 is 0 Å². The molecule has 2 aromatic rings. The Kier molecular flexibility index (Phi) is 5.68. The Morgan fingerprint density at radius 2 is 2.05 bits per heavy atom. The lowest BCUT2D eigenvalue weighted by Crippen LogP contribution is -2.38. The fourth-order valence-electron chi connectivity index (χ4n) is 1.89. The number of nitrogens with one attached hydrogen (secondary N) is 2. The molecule has 0 amide bonds. The van der Waals surface area contributed by atoms with Crippen LogP contribution in [0.4, 0.5) is 0 Å². The van der Waals surface area contributed by atoms with Crippen LogP contribution in [-0.2, 0) is 13.1 Å². The molecule has 108 valence electrons. The molecule has 0 spiro atoms. The van der Waals surface area contributed by atoms with Crippen LogP contribution in [0, 0.1) is 6.92 Å². The average Bonchev–Trinajstić information content (AvgIpc) is 3.07. The molecule has 0 aliphatic heterocycles. The first-order valence-electron chi connectivity index (χ1n) is 6.96. The molecule has 0 saturated carbocycles. The second-order valence-electron chi connectivity index (χ2n) is 4.56. The van der Waals surface area contributed by atoms with E-state index in [1.54, 1.807) is 11.3 Å². The SMILES string of the molecule is CCNC(=NCc1ccc(C)s1)NCCn1cccc1. The molecule has 2 rings (SSSR count). The second-order valence-corrected chi connectivity index (χ2v) is 5.93. The second kappa shape index (κ2) is 7.75. The third-order valence-electron chi connectivity index (χ3n) is 2.86. The van der Waals surface area contributed by atoms with Crippen molar-refractivity contribution in [1.82, 2.24) is 15.2 Å². The molecule has 0 bridgehead atoms. The lowest BCUT2D eigenvalue weighted by molar-refractivity contribution is 0.666. The first-order valence-corrected chi connectivity index (χ1v) is 7.78. The van der Waals surface area contributed by atoms with E-state index in [-0.39, 0.29) is 0 Å². The van der Waals surface area contributed by atoms with Gasteiger partial charge < -0.3 is 15.2 Å².